The molecule has 1 unspecified atom stereocenters. The highest BCUT2D eigenvalue weighted by Crippen LogP contribution is 2.12. The van der Waals surface area contributed by atoms with Crippen LogP contribution in [0.1, 0.15) is 20.3 Å². The fourth-order valence-electron chi connectivity index (χ4n) is 0.983. The SMILES string of the molecule is CCCNC(C)CSc1ncc[nH]1. The molecular formula is C9H17N3S. The second-order valence-corrected chi connectivity index (χ2v) is 4.07. The first-order chi connectivity index (χ1) is 6.33. The Balaban J connectivity index is 2.11. The summed E-state index contributed by atoms with van der Waals surface area (Å²) in [5, 5.41) is 4.44. The summed E-state index contributed by atoms with van der Waals surface area (Å²) in [5.41, 5.74) is 0. The first-order valence-corrected chi connectivity index (χ1v) is 5.67. The predicted molar refractivity (Wildman–Crippen MR) is 57.1 cm³/mol. The van der Waals surface area contributed by atoms with Gasteiger partial charge in [0.2, 0.25) is 0 Å². The molecule has 0 saturated carbocycles. The van der Waals surface area contributed by atoms with Gasteiger partial charge >= 0.3 is 0 Å². The van der Waals surface area contributed by atoms with Crippen molar-refractivity contribution in [3.63, 3.8) is 0 Å². The van der Waals surface area contributed by atoms with Gasteiger partial charge in [-0.25, -0.2) is 4.98 Å². The van der Waals surface area contributed by atoms with Crippen molar-refractivity contribution in [3.8, 4) is 0 Å². The number of H-pyrrole nitrogens is 1. The van der Waals surface area contributed by atoms with Crippen LogP contribution < -0.4 is 5.32 Å². The Labute approximate surface area is 83.7 Å². The van der Waals surface area contributed by atoms with Crippen molar-refractivity contribution in [3.05, 3.63) is 12.4 Å². The molecule has 3 nitrogen and oxygen atoms in total. The summed E-state index contributed by atoms with van der Waals surface area (Å²) < 4.78 is 0. The highest BCUT2D eigenvalue weighted by molar-refractivity contribution is 7.99. The summed E-state index contributed by atoms with van der Waals surface area (Å²) in [4.78, 5) is 7.22. The number of aromatic amines is 1. The molecule has 1 aromatic heterocycles. The average Bonchev–Trinajstić information content (AvgIpc) is 2.64. The highest BCUT2D eigenvalue weighted by Gasteiger charge is 2.02. The van der Waals surface area contributed by atoms with Crippen molar-refractivity contribution in [1.29, 1.82) is 0 Å². The summed E-state index contributed by atoms with van der Waals surface area (Å²) in [6.07, 6.45) is 4.83. The third kappa shape index (κ3) is 4.33. The molecule has 0 saturated heterocycles. The smallest absolute Gasteiger partial charge is 0.165 e. The minimum absolute atomic E-state index is 0.551. The van der Waals surface area contributed by atoms with Gasteiger partial charge < -0.3 is 10.3 Å². The average molecular weight is 199 g/mol. The second kappa shape index (κ2) is 6.05. The van der Waals surface area contributed by atoms with Crippen LogP contribution >= 0.6 is 11.8 Å². The number of nitrogens with one attached hydrogen (secondary N) is 2. The van der Waals surface area contributed by atoms with Crippen LogP contribution in [0, 0.1) is 0 Å². The number of hydrogen-bond donors (Lipinski definition) is 2. The van der Waals surface area contributed by atoms with E-state index in [0.29, 0.717) is 6.04 Å². The molecule has 1 aromatic rings. The molecule has 0 aromatic carbocycles. The van der Waals surface area contributed by atoms with Crippen LogP contribution in [0.25, 0.3) is 0 Å². The van der Waals surface area contributed by atoms with Crippen molar-refractivity contribution in [1.82, 2.24) is 15.3 Å². The van der Waals surface area contributed by atoms with Crippen molar-refractivity contribution in [2.75, 3.05) is 12.3 Å². The first-order valence-electron chi connectivity index (χ1n) is 4.68. The van der Waals surface area contributed by atoms with Gasteiger partial charge in [0.05, 0.1) is 0 Å². The van der Waals surface area contributed by atoms with E-state index < -0.39 is 0 Å². The molecule has 0 bridgehead atoms. The van der Waals surface area contributed by atoms with Crippen LogP contribution in [0.3, 0.4) is 0 Å². The minimum atomic E-state index is 0.551. The van der Waals surface area contributed by atoms with Crippen LogP contribution in [0.5, 0.6) is 0 Å². The Morgan fingerprint density at radius 3 is 3.15 bits per heavy atom. The largest absolute Gasteiger partial charge is 0.340 e. The maximum Gasteiger partial charge on any atom is 0.165 e. The van der Waals surface area contributed by atoms with E-state index in [4.69, 9.17) is 0 Å². The summed E-state index contributed by atoms with van der Waals surface area (Å²) in [6.45, 7) is 5.48. The van der Waals surface area contributed by atoms with E-state index >= 15 is 0 Å². The molecule has 0 radical (unpaired) electrons. The van der Waals surface area contributed by atoms with E-state index in [-0.39, 0.29) is 0 Å². The Kier molecular flexibility index (Phi) is 4.93. The molecule has 1 heterocycles. The van der Waals surface area contributed by atoms with Gasteiger partial charge in [0.15, 0.2) is 5.16 Å². The molecule has 1 atom stereocenters. The normalized spacial score (nSPS) is 13.1. The summed E-state index contributed by atoms with van der Waals surface area (Å²) in [7, 11) is 0. The van der Waals surface area contributed by atoms with Gasteiger partial charge in [0.1, 0.15) is 0 Å². The lowest BCUT2D eigenvalue weighted by atomic mass is 10.3. The zero-order valence-electron chi connectivity index (χ0n) is 8.21. The molecule has 4 heteroatoms. The molecule has 1 rings (SSSR count). The van der Waals surface area contributed by atoms with E-state index in [1.807, 2.05) is 6.20 Å². The Hall–Kier alpha value is -0.480. The molecular weight excluding hydrogens is 182 g/mol. The van der Waals surface area contributed by atoms with Crippen LogP contribution in [0.2, 0.25) is 0 Å². The lowest BCUT2D eigenvalue weighted by molar-refractivity contribution is 0.590. The molecule has 0 aliphatic rings. The van der Waals surface area contributed by atoms with Crippen LogP contribution in [0.4, 0.5) is 0 Å². The fourth-order valence-corrected chi connectivity index (χ4v) is 1.80. The maximum atomic E-state index is 4.15. The fraction of sp³-hybridized carbons (Fsp3) is 0.667. The van der Waals surface area contributed by atoms with Gasteiger partial charge in [0.25, 0.3) is 0 Å². The maximum absolute atomic E-state index is 4.15. The number of rotatable bonds is 6. The van der Waals surface area contributed by atoms with Crippen molar-refractivity contribution >= 4 is 11.8 Å². The second-order valence-electron chi connectivity index (χ2n) is 3.06. The number of imidazole rings is 1. The van der Waals surface area contributed by atoms with E-state index in [2.05, 4.69) is 29.1 Å². The number of nitrogens with zero attached hydrogens (tertiary/aromatic N) is 1. The molecule has 0 aliphatic heterocycles. The molecule has 0 aliphatic carbocycles. The zero-order valence-corrected chi connectivity index (χ0v) is 9.03. The lowest BCUT2D eigenvalue weighted by Gasteiger charge is -2.10. The van der Waals surface area contributed by atoms with Crippen molar-refractivity contribution in [2.24, 2.45) is 0 Å². The molecule has 0 spiro atoms. The highest BCUT2D eigenvalue weighted by atomic mass is 32.2. The molecule has 0 amide bonds. The summed E-state index contributed by atoms with van der Waals surface area (Å²) >= 11 is 1.76. The zero-order chi connectivity index (χ0) is 9.52. The number of thioether (sulfide) groups is 1. The predicted octanol–water partition coefficient (Wildman–Crippen LogP) is 1.89. The number of aromatic nitrogens is 2. The summed E-state index contributed by atoms with van der Waals surface area (Å²) in [5.74, 6) is 1.06. The minimum Gasteiger partial charge on any atom is -0.340 e. The molecule has 13 heavy (non-hydrogen) atoms. The number of hydrogen-bond acceptors (Lipinski definition) is 3. The first kappa shape index (κ1) is 10.6. The van der Waals surface area contributed by atoms with Crippen molar-refractivity contribution in [2.45, 2.75) is 31.5 Å². The topological polar surface area (TPSA) is 40.7 Å². The third-order valence-electron chi connectivity index (χ3n) is 1.69. The van der Waals surface area contributed by atoms with Gasteiger partial charge in [-0.2, -0.15) is 0 Å². The van der Waals surface area contributed by atoms with Gasteiger partial charge in [-0.05, 0) is 19.9 Å². The summed E-state index contributed by atoms with van der Waals surface area (Å²) in [6, 6.07) is 0.551. The molecule has 74 valence electrons. The molecule has 0 fully saturated rings. The van der Waals surface area contributed by atoms with E-state index in [1.165, 1.54) is 6.42 Å². The quantitative estimate of drug-likeness (QED) is 0.687. The Morgan fingerprint density at radius 1 is 1.69 bits per heavy atom. The standard InChI is InChI=1S/C9H17N3S/c1-3-4-10-8(2)7-13-9-11-5-6-12-9/h5-6,8,10H,3-4,7H2,1-2H3,(H,11,12). The molecule has 2 N–H and O–H groups in total. The van der Waals surface area contributed by atoms with E-state index in [9.17, 15) is 0 Å². The van der Waals surface area contributed by atoms with Gasteiger partial charge in [-0.15, -0.1) is 0 Å². The van der Waals surface area contributed by atoms with Crippen LogP contribution in [0.15, 0.2) is 17.6 Å². The lowest BCUT2D eigenvalue weighted by Crippen LogP contribution is -2.28. The van der Waals surface area contributed by atoms with Gasteiger partial charge in [-0.3, -0.25) is 0 Å². The Bertz CT molecular complexity index is 211. The van der Waals surface area contributed by atoms with Crippen LogP contribution in [-0.4, -0.2) is 28.3 Å². The monoisotopic (exact) mass is 199 g/mol. The van der Waals surface area contributed by atoms with Gasteiger partial charge in [0, 0.05) is 24.2 Å². The Morgan fingerprint density at radius 2 is 2.54 bits per heavy atom. The van der Waals surface area contributed by atoms with Crippen LogP contribution in [-0.2, 0) is 0 Å². The van der Waals surface area contributed by atoms with E-state index in [1.54, 1.807) is 18.0 Å². The van der Waals surface area contributed by atoms with Gasteiger partial charge in [-0.1, -0.05) is 18.7 Å². The third-order valence-corrected chi connectivity index (χ3v) is 2.85. The van der Waals surface area contributed by atoms with Crippen molar-refractivity contribution < 1.29 is 0 Å². The van der Waals surface area contributed by atoms with E-state index in [0.717, 1.165) is 17.5 Å².